The number of rotatable bonds is 4. The molecule has 25 heavy (non-hydrogen) atoms. The lowest BCUT2D eigenvalue weighted by atomic mass is 10.0. The van der Waals surface area contributed by atoms with Crippen molar-refractivity contribution < 1.29 is 44.0 Å². The van der Waals surface area contributed by atoms with Crippen LogP contribution in [0.1, 0.15) is 41.4 Å². The minimum atomic E-state index is -1.54. The third kappa shape index (κ3) is 2.34. The van der Waals surface area contributed by atoms with Gasteiger partial charge in [-0.05, 0) is 24.3 Å². The van der Waals surface area contributed by atoms with Crippen LogP contribution in [0.25, 0.3) is 21.9 Å². The zero-order valence-electron chi connectivity index (χ0n) is 12.1. The molecule has 1 heterocycles. The maximum atomic E-state index is 11.5. The molecule has 0 atom stereocenters. The van der Waals surface area contributed by atoms with Gasteiger partial charge in [0.2, 0.25) is 0 Å². The van der Waals surface area contributed by atoms with Crippen LogP contribution >= 0.6 is 0 Å². The molecule has 126 valence electrons. The summed E-state index contributed by atoms with van der Waals surface area (Å²) in [7, 11) is 0. The molecule has 3 rings (SSSR count). The van der Waals surface area contributed by atoms with Crippen molar-refractivity contribution in [3.63, 3.8) is 0 Å². The Labute approximate surface area is 137 Å². The molecular formula is C16H8O9. The van der Waals surface area contributed by atoms with Gasteiger partial charge in [0, 0.05) is 10.8 Å². The molecule has 4 N–H and O–H groups in total. The van der Waals surface area contributed by atoms with Gasteiger partial charge in [0.15, 0.2) is 5.58 Å². The summed E-state index contributed by atoms with van der Waals surface area (Å²) in [5, 5.41) is 37.1. The van der Waals surface area contributed by atoms with Crippen molar-refractivity contribution in [2.24, 2.45) is 0 Å². The highest BCUT2D eigenvalue weighted by Gasteiger charge is 2.25. The Morgan fingerprint density at radius 2 is 1.24 bits per heavy atom. The van der Waals surface area contributed by atoms with E-state index in [2.05, 4.69) is 0 Å². The minimum Gasteiger partial charge on any atom is -0.478 e. The fourth-order valence-electron chi connectivity index (χ4n) is 2.63. The van der Waals surface area contributed by atoms with E-state index in [1.807, 2.05) is 0 Å². The number of carbonyl (C=O) groups is 4. The second kappa shape index (κ2) is 5.34. The monoisotopic (exact) mass is 344 g/mol. The lowest BCUT2D eigenvalue weighted by Crippen LogP contribution is -2.08. The predicted molar refractivity (Wildman–Crippen MR) is 81.6 cm³/mol. The fraction of sp³-hybridized carbons (Fsp3) is 0. The van der Waals surface area contributed by atoms with Gasteiger partial charge in [-0.25, -0.2) is 19.2 Å². The molecule has 0 saturated heterocycles. The minimum absolute atomic E-state index is 0.0672. The highest BCUT2D eigenvalue weighted by atomic mass is 16.4. The highest BCUT2D eigenvalue weighted by Crippen LogP contribution is 2.34. The number of carboxylic acid groups (broad SMARTS) is 4. The predicted octanol–water partition coefficient (Wildman–Crippen LogP) is 2.38. The summed E-state index contributed by atoms with van der Waals surface area (Å²) in [6, 6.07) is 4.37. The Kier molecular flexibility index (Phi) is 3.42. The third-order valence-electron chi connectivity index (χ3n) is 3.68. The molecule has 0 aliphatic heterocycles. The first-order valence-corrected chi connectivity index (χ1v) is 6.68. The van der Waals surface area contributed by atoms with Crippen molar-refractivity contribution in [2.45, 2.75) is 0 Å². The van der Waals surface area contributed by atoms with E-state index in [9.17, 15) is 29.4 Å². The van der Waals surface area contributed by atoms with E-state index in [0.717, 1.165) is 18.2 Å². The van der Waals surface area contributed by atoms with Crippen molar-refractivity contribution in [1.29, 1.82) is 0 Å². The summed E-state index contributed by atoms with van der Waals surface area (Å²) in [5.74, 6) is -5.99. The molecule has 0 aliphatic rings. The third-order valence-corrected chi connectivity index (χ3v) is 3.68. The molecule has 0 fully saturated rings. The molecule has 0 saturated carbocycles. The summed E-state index contributed by atoms with van der Waals surface area (Å²) in [5.41, 5.74) is -2.48. The number of furan rings is 1. The first kappa shape index (κ1) is 16.0. The molecule has 3 aromatic rings. The largest absolute Gasteiger partial charge is 0.478 e. The first-order chi connectivity index (χ1) is 11.7. The molecule has 2 aromatic carbocycles. The van der Waals surface area contributed by atoms with E-state index in [1.54, 1.807) is 0 Å². The maximum Gasteiger partial charge on any atom is 0.340 e. The van der Waals surface area contributed by atoms with Crippen molar-refractivity contribution in [3.8, 4) is 0 Å². The van der Waals surface area contributed by atoms with Crippen LogP contribution in [-0.4, -0.2) is 44.3 Å². The zero-order valence-corrected chi connectivity index (χ0v) is 12.1. The molecule has 0 unspecified atom stereocenters. The molecule has 0 bridgehead atoms. The molecule has 0 aliphatic carbocycles. The van der Waals surface area contributed by atoms with Crippen LogP contribution in [0.5, 0.6) is 0 Å². The lowest BCUT2D eigenvalue weighted by molar-refractivity contribution is 0.0651. The van der Waals surface area contributed by atoms with Crippen LogP contribution in [-0.2, 0) is 0 Å². The second-order valence-electron chi connectivity index (χ2n) is 5.08. The van der Waals surface area contributed by atoms with E-state index in [-0.39, 0.29) is 21.9 Å². The summed E-state index contributed by atoms with van der Waals surface area (Å²) in [6.45, 7) is 0. The van der Waals surface area contributed by atoms with Gasteiger partial charge in [0.05, 0.1) is 16.7 Å². The van der Waals surface area contributed by atoms with Gasteiger partial charge in [0.1, 0.15) is 11.1 Å². The standard InChI is InChI=1S/C16H8O9/c17-13(18)6-2-1-5-7-3-8(14(19)20)9(15(21)22)4-10(7)25-12(5)11(6)16(23)24/h1-4H,(H,17,18)(H,19,20)(H,21,22)(H,23,24). The van der Waals surface area contributed by atoms with Gasteiger partial charge in [0.25, 0.3) is 0 Å². The Morgan fingerprint density at radius 1 is 0.680 bits per heavy atom. The van der Waals surface area contributed by atoms with E-state index < -0.39 is 46.1 Å². The van der Waals surface area contributed by atoms with Gasteiger partial charge in [-0.2, -0.15) is 0 Å². The quantitative estimate of drug-likeness (QED) is 0.556. The molecule has 0 radical (unpaired) electrons. The Bertz CT molecular complexity index is 1100. The zero-order chi connectivity index (χ0) is 18.5. The van der Waals surface area contributed by atoms with Crippen molar-refractivity contribution >= 4 is 45.8 Å². The number of benzene rings is 2. The van der Waals surface area contributed by atoms with Gasteiger partial charge in [-0.3, -0.25) is 0 Å². The molecule has 0 amide bonds. The van der Waals surface area contributed by atoms with Crippen LogP contribution < -0.4 is 0 Å². The number of hydrogen-bond acceptors (Lipinski definition) is 5. The second-order valence-corrected chi connectivity index (χ2v) is 5.08. The summed E-state index contributed by atoms with van der Waals surface area (Å²) in [6.07, 6.45) is 0. The van der Waals surface area contributed by atoms with Crippen LogP contribution in [0, 0.1) is 0 Å². The SMILES string of the molecule is O=C(O)c1cc2oc3c(C(=O)O)c(C(=O)O)ccc3c2cc1C(=O)O. The summed E-state index contributed by atoms with van der Waals surface area (Å²) >= 11 is 0. The average Bonchev–Trinajstić information content (AvgIpc) is 2.89. The van der Waals surface area contributed by atoms with E-state index in [0.29, 0.717) is 0 Å². The molecule has 9 nitrogen and oxygen atoms in total. The molecule has 9 heteroatoms. The highest BCUT2D eigenvalue weighted by molar-refractivity contribution is 6.18. The van der Waals surface area contributed by atoms with Gasteiger partial charge in [-0.15, -0.1) is 0 Å². The molecule has 0 spiro atoms. The number of fused-ring (bicyclic) bond motifs is 3. The molecule has 1 aromatic heterocycles. The van der Waals surface area contributed by atoms with Crippen LogP contribution in [0.4, 0.5) is 0 Å². The Morgan fingerprint density at radius 3 is 1.76 bits per heavy atom. The van der Waals surface area contributed by atoms with E-state index in [4.69, 9.17) is 14.6 Å². The molecular weight excluding hydrogens is 336 g/mol. The van der Waals surface area contributed by atoms with Crippen molar-refractivity contribution in [2.75, 3.05) is 0 Å². The number of carboxylic acids is 4. The van der Waals surface area contributed by atoms with Crippen LogP contribution in [0.2, 0.25) is 0 Å². The normalized spacial score (nSPS) is 10.9. The van der Waals surface area contributed by atoms with Gasteiger partial charge >= 0.3 is 23.9 Å². The summed E-state index contributed by atoms with van der Waals surface area (Å²) in [4.78, 5) is 45.2. The lowest BCUT2D eigenvalue weighted by Gasteiger charge is -2.02. The van der Waals surface area contributed by atoms with Crippen LogP contribution in [0.3, 0.4) is 0 Å². The Balaban J connectivity index is 2.50. The van der Waals surface area contributed by atoms with E-state index >= 15 is 0 Å². The van der Waals surface area contributed by atoms with Gasteiger partial charge in [-0.1, -0.05) is 0 Å². The smallest absolute Gasteiger partial charge is 0.340 e. The van der Waals surface area contributed by atoms with Gasteiger partial charge < -0.3 is 24.8 Å². The average molecular weight is 344 g/mol. The van der Waals surface area contributed by atoms with Crippen molar-refractivity contribution in [3.05, 3.63) is 46.5 Å². The van der Waals surface area contributed by atoms with Crippen LogP contribution in [0.15, 0.2) is 28.7 Å². The first-order valence-electron chi connectivity index (χ1n) is 6.68. The van der Waals surface area contributed by atoms with Crippen molar-refractivity contribution in [1.82, 2.24) is 0 Å². The number of hydrogen-bond donors (Lipinski definition) is 4. The fourth-order valence-corrected chi connectivity index (χ4v) is 2.63. The Hall–Kier alpha value is -3.88. The summed E-state index contributed by atoms with van der Waals surface area (Å²) < 4.78 is 5.36. The topological polar surface area (TPSA) is 162 Å². The maximum absolute atomic E-state index is 11.5. The van der Waals surface area contributed by atoms with E-state index in [1.165, 1.54) is 6.07 Å². The number of aromatic carboxylic acids is 4.